The molecule has 0 fully saturated rings. The molecule has 1 rings (SSSR count). The average Bonchev–Trinajstić information content (AvgIpc) is 2.40. The van der Waals surface area contributed by atoms with Gasteiger partial charge in [-0.2, -0.15) is 0 Å². The lowest BCUT2D eigenvalue weighted by molar-refractivity contribution is -0.139. The number of halogens is 2. The number of hydrogen-bond acceptors (Lipinski definition) is 5. The van der Waals surface area contributed by atoms with Gasteiger partial charge >= 0.3 is 0 Å². The Bertz CT molecular complexity index is 452. The first-order chi connectivity index (χ1) is 8.86. The summed E-state index contributed by atoms with van der Waals surface area (Å²) in [7, 11) is 0. The van der Waals surface area contributed by atoms with E-state index in [9.17, 15) is 15.0 Å². The van der Waals surface area contributed by atoms with E-state index in [0.717, 1.165) is 0 Å². The molecule has 4 N–H and O–H groups in total. The average molecular weight is 309 g/mol. The van der Waals surface area contributed by atoms with Gasteiger partial charge in [-0.05, 0) is 17.7 Å². The van der Waals surface area contributed by atoms with Gasteiger partial charge in [-0.15, -0.1) is 0 Å². The quantitative estimate of drug-likeness (QED) is 0.601. The van der Waals surface area contributed by atoms with Gasteiger partial charge in [-0.1, -0.05) is 29.3 Å². The van der Waals surface area contributed by atoms with Crippen molar-refractivity contribution in [3.8, 4) is 0 Å². The second-order valence-corrected chi connectivity index (χ2v) is 4.89. The lowest BCUT2D eigenvalue weighted by atomic mass is 9.99. The van der Waals surface area contributed by atoms with Gasteiger partial charge in [0, 0.05) is 6.42 Å². The first kappa shape index (κ1) is 16.4. The Hall–Kier alpha value is -0.690. The van der Waals surface area contributed by atoms with Crippen LogP contribution < -0.4 is 0 Å². The van der Waals surface area contributed by atoms with E-state index in [2.05, 4.69) is 0 Å². The molecule has 19 heavy (non-hydrogen) atoms. The molecule has 3 atom stereocenters. The number of aliphatic hydroxyl groups excluding tert-OH is 4. The summed E-state index contributed by atoms with van der Waals surface area (Å²) in [5.41, 5.74) is 0.518. The summed E-state index contributed by atoms with van der Waals surface area (Å²) in [5.74, 6) is -0.696. The minimum atomic E-state index is -1.78. The van der Waals surface area contributed by atoms with Crippen LogP contribution in [0.1, 0.15) is 5.56 Å². The topological polar surface area (TPSA) is 98.0 Å². The minimum Gasteiger partial charge on any atom is -0.394 e. The van der Waals surface area contributed by atoms with E-state index in [1.165, 1.54) is 12.1 Å². The molecule has 0 saturated heterocycles. The van der Waals surface area contributed by atoms with Crippen molar-refractivity contribution >= 4 is 29.0 Å². The van der Waals surface area contributed by atoms with E-state index >= 15 is 0 Å². The van der Waals surface area contributed by atoms with Crippen molar-refractivity contribution in [2.24, 2.45) is 0 Å². The number of hydrogen-bond donors (Lipinski definition) is 4. The molecule has 0 heterocycles. The first-order valence-corrected chi connectivity index (χ1v) is 6.24. The molecule has 7 heteroatoms. The largest absolute Gasteiger partial charge is 0.394 e. The normalized spacial score (nSPS) is 15.9. The maximum Gasteiger partial charge on any atom is 0.168 e. The standard InChI is InChI=1S/C12H14Cl2O5/c13-7-2-1-6(3-8(7)14)4-9(16)11(18)12(19)10(17)5-15/h1-3,10-12,15,17-19H,4-5H2/t10-,11+,12+/m1/s1. The molecule has 0 unspecified atom stereocenters. The highest BCUT2D eigenvalue weighted by Gasteiger charge is 2.29. The summed E-state index contributed by atoms with van der Waals surface area (Å²) in [6.45, 7) is -0.752. The number of rotatable bonds is 6. The van der Waals surface area contributed by atoms with Gasteiger partial charge in [-0.25, -0.2) is 0 Å². The lowest BCUT2D eigenvalue weighted by Crippen LogP contribution is -2.44. The lowest BCUT2D eigenvalue weighted by Gasteiger charge is -2.20. The van der Waals surface area contributed by atoms with E-state index in [0.29, 0.717) is 10.6 Å². The first-order valence-electron chi connectivity index (χ1n) is 5.48. The van der Waals surface area contributed by atoms with Crippen molar-refractivity contribution in [1.29, 1.82) is 0 Å². The van der Waals surface area contributed by atoms with Crippen molar-refractivity contribution in [3.05, 3.63) is 33.8 Å². The molecular weight excluding hydrogens is 295 g/mol. The zero-order valence-corrected chi connectivity index (χ0v) is 11.3. The third-order valence-electron chi connectivity index (χ3n) is 2.60. The summed E-state index contributed by atoms with van der Waals surface area (Å²) >= 11 is 11.5. The van der Waals surface area contributed by atoms with E-state index in [1.54, 1.807) is 6.07 Å². The summed E-state index contributed by atoms with van der Waals surface area (Å²) in [5, 5.41) is 37.3. The van der Waals surface area contributed by atoms with Gasteiger partial charge in [0.15, 0.2) is 5.78 Å². The smallest absolute Gasteiger partial charge is 0.168 e. The van der Waals surface area contributed by atoms with Crippen LogP contribution in [0.2, 0.25) is 10.0 Å². The Morgan fingerprint density at radius 1 is 1.16 bits per heavy atom. The Kier molecular flexibility index (Phi) is 6.19. The number of ketones is 1. The number of carbonyl (C=O) groups is 1. The Morgan fingerprint density at radius 3 is 2.32 bits per heavy atom. The second kappa shape index (κ2) is 7.19. The fourth-order valence-corrected chi connectivity index (χ4v) is 1.78. The monoisotopic (exact) mass is 308 g/mol. The number of aliphatic hydroxyl groups is 4. The highest BCUT2D eigenvalue weighted by atomic mass is 35.5. The molecule has 1 aromatic carbocycles. The van der Waals surface area contributed by atoms with Crippen LogP contribution in [0, 0.1) is 0 Å². The highest BCUT2D eigenvalue weighted by Crippen LogP contribution is 2.23. The third-order valence-corrected chi connectivity index (χ3v) is 3.34. The van der Waals surface area contributed by atoms with Gasteiger partial charge in [0.2, 0.25) is 0 Å². The summed E-state index contributed by atoms with van der Waals surface area (Å²) < 4.78 is 0. The Morgan fingerprint density at radius 2 is 1.79 bits per heavy atom. The van der Waals surface area contributed by atoms with Gasteiger partial charge in [-0.3, -0.25) is 4.79 Å². The predicted molar refractivity (Wildman–Crippen MR) is 70.3 cm³/mol. The summed E-state index contributed by atoms with van der Waals surface area (Å²) in [4.78, 5) is 11.7. The maximum atomic E-state index is 11.7. The van der Waals surface area contributed by atoms with E-state index < -0.39 is 30.7 Å². The van der Waals surface area contributed by atoms with Crippen LogP contribution in [0.4, 0.5) is 0 Å². The molecule has 0 aliphatic carbocycles. The number of benzene rings is 1. The van der Waals surface area contributed by atoms with Crippen LogP contribution in [0.5, 0.6) is 0 Å². The van der Waals surface area contributed by atoms with E-state index in [1.807, 2.05) is 0 Å². The number of carbonyl (C=O) groups excluding carboxylic acids is 1. The maximum absolute atomic E-state index is 11.7. The molecular formula is C12H14Cl2O5. The van der Waals surface area contributed by atoms with Crippen molar-refractivity contribution in [2.45, 2.75) is 24.7 Å². The van der Waals surface area contributed by atoms with E-state index in [4.69, 9.17) is 33.4 Å². The van der Waals surface area contributed by atoms with Crippen molar-refractivity contribution in [2.75, 3.05) is 6.61 Å². The predicted octanol–water partition coefficient (Wildman–Crippen LogP) is 0.180. The van der Waals surface area contributed by atoms with Gasteiger partial charge in [0.25, 0.3) is 0 Å². The van der Waals surface area contributed by atoms with Crippen molar-refractivity contribution in [3.63, 3.8) is 0 Å². The Labute approximate surface area is 120 Å². The zero-order chi connectivity index (χ0) is 14.6. The molecule has 0 amide bonds. The Balaban J connectivity index is 2.71. The third kappa shape index (κ3) is 4.42. The molecule has 5 nitrogen and oxygen atoms in total. The summed E-state index contributed by atoms with van der Waals surface area (Å²) in [6, 6.07) is 4.55. The van der Waals surface area contributed by atoms with Crippen LogP contribution in [0.25, 0.3) is 0 Å². The van der Waals surface area contributed by atoms with Gasteiger partial charge < -0.3 is 20.4 Å². The molecule has 0 aliphatic heterocycles. The van der Waals surface area contributed by atoms with Crippen molar-refractivity contribution in [1.82, 2.24) is 0 Å². The summed E-state index contributed by atoms with van der Waals surface area (Å²) in [6.07, 6.45) is -5.27. The molecule has 0 aliphatic rings. The van der Waals surface area contributed by atoms with Crippen LogP contribution in [-0.2, 0) is 11.2 Å². The van der Waals surface area contributed by atoms with Crippen molar-refractivity contribution < 1.29 is 25.2 Å². The fourth-order valence-electron chi connectivity index (χ4n) is 1.46. The SMILES string of the molecule is O=C(Cc1ccc(Cl)c(Cl)c1)[C@H](O)[C@@H](O)[C@H](O)CO. The van der Waals surface area contributed by atoms with Crippen LogP contribution in [-0.4, -0.2) is 51.1 Å². The minimum absolute atomic E-state index is 0.173. The molecule has 106 valence electrons. The molecule has 0 bridgehead atoms. The van der Waals surface area contributed by atoms with Gasteiger partial charge in [0.05, 0.1) is 16.7 Å². The molecule has 0 saturated carbocycles. The highest BCUT2D eigenvalue weighted by molar-refractivity contribution is 6.42. The molecule has 1 aromatic rings. The number of Topliss-reactive ketones (excluding diaryl/α,β-unsaturated/α-hetero) is 1. The van der Waals surface area contributed by atoms with Crippen LogP contribution in [0.3, 0.4) is 0 Å². The molecule has 0 aromatic heterocycles. The van der Waals surface area contributed by atoms with E-state index in [-0.39, 0.29) is 11.4 Å². The zero-order valence-electron chi connectivity index (χ0n) is 9.83. The van der Waals surface area contributed by atoms with Crippen LogP contribution >= 0.6 is 23.2 Å². The molecule has 0 radical (unpaired) electrons. The fraction of sp³-hybridized carbons (Fsp3) is 0.417. The van der Waals surface area contributed by atoms with Crippen LogP contribution in [0.15, 0.2) is 18.2 Å². The van der Waals surface area contributed by atoms with Gasteiger partial charge in [0.1, 0.15) is 18.3 Å². The second-order valence-electron chi connectivity index (χ2n) is 4.08. The molecule has 0 spiro atoms.